The molecule has 0 radical (unpaired) electrons. The molecule has 0 unspecified atom stereocenters. The molecular formula is C21H22N4O5. The van der Waals surface area contributed by atoms with Gasteiger partial charge in [-0.2, -0.15) is 0 Å². The van der Waals surface area contributed by atoms with Crippen molar-refractivity contribution in [3.8, 4) is 5.75 Å². The van der Waals surface area contributed by atoms with Gasteiger partial charge in [0, 0.05) is 50.1 Å². The fourth-order valence-electron chi connectivity index (χ4n) is 4.00. The van der Waals surface area contributed by atoms with Gasteiger partial charge in [-0.1, -0.05) is 6.07 Å². The van der Waals surface area contributed by atoms with E-state index >= 15 is 0 Å². The number of anilines is 2. The quantitative estimate of drug-likeness (QED) is 0.423. The summed E-state index contributed by atoms with van der Waals surface area (Å²) in [5.74, 6) is 0.168. The third kappa shape index (κ3) is 3.71. The lowest BCUT2D eigenvalue weighted by Crippen LogP contribution is -2.52. The highest BCUT2D eigenvalue weighted by atomic mass is 16.6. The summed E-state index contributed by atoms with van der Waals surface area (Å²) in [4.78, 5) is 41.4. The minimum Gasteiger partial charge on any atom is -0.497 e. The first-order valence-corrected chi connectivity index (χ1v) is 9.72. The van der Waals surface area contributed by atoms with Crippen LogP contribution in [-0.2, 0) is 9.59 Å². The lowest BCUT2D eigenvalue weighted by Gasteiger charge is -2.38. The van der Waals surface area contributed by atoms with E-state index in [0.717, 1.165) is 5.69 Å². The standard InChI is InChI=1S/C21H22N4O5/c1-30-18-4-2-3-17(13-18)24-20(26)14-19(21(24)27)23-11-9-22(10-12-23)15-5-7-16(8-6-15)25(28)29/h2-8,13,19H,9-12,14H2,1H3/t19-/m0/s1. The zero-order valence-electron chi connectivity index (χ0n) is 16.6. The minimum absolute atomic E-state index is 0.0603. The molecule has 9 heteroatoms. The molecule has 2 amide bonds. The summed E-state index contributed by atoms with van der Waals surface area (Å²) < 4.78 is 5.20. The van der Waals surface area contributed by atoms with Crippen molar-refractivity contribution in [1.29, 1.82) is 0 Å². The SMILES string of the molecule is COc1cccc(N2C(=O)C[C@H](N3CCN(c4ccc([N+](=O)[O-])cc4)CC3)C2=O)c1. The van der Waals surface area contributed by atoms with E-state index in [-0.39, 0.29) is 23.9 Å². The number of non-ortho nitro benzene ring substituents is 1. The first kappa shape index (κ1) is 19.8. The van der Waals surface area contributed by atoms with Crippen LogP contribution in [0.4, 0.5) is 17.1 Å². The largest absolute Gasteiger partial charge is 0.497 e. The number of hydrogen-bond acceptors (Lipinski definition) is 7. The van der Waals surface area contributed by atoms with Crippen LogP contribution in [0.15, 0.2) is 48.5 Å². The lowest BCUT2D eigenvalue weighted by atomic mass is 10.1. The molecule has 2 aromatic carbocycles. The zero-order valence-corrected chi connectivity index (χ0v) is 16.6. The van der Waals surface area contributed by atoms with Gasteiger partial charge in [-0.05, 0) is 24.3 Å². The van der Waals surface area contributed by atoms with Gasteiger partial charge in [0.05, 0.1) is 30.2 Å². The first-order chi connectivity index (χ1) is 14.5. The maximum atomic E-state index is 13.0. The first-order valence-electron chi connectivity index (χ1n) is 9.72. The molecule has 0 aliphatic carbocycles. The predicted octanol–water partition coefficient (Wildman–Crippen LogP) is 2.06. The molecule has 9 nitrogen and oxygen atoms in total. The monoisotopic (exact) mass is 410 g/mol. The average molecular weight is 410 g/mol. The number of imide groups is 1. The van der Waals surface area contributed by atoms with Crippen LogP contribution >= 0.6 is 0 Å². The molecular weight excluding hydrogens is 388 g/mol. The van der Waals surface area contributed by atoms with Gasteiger partial charge >= 0.3 is 0 Å². The number of ether oxygens (including phenoxy) is 1. The van der Waals surface area contributed by atoms with E-state index in [2.05, 4.69) is 4.90 Å². The number of nitrogens with zero attached hydrogens (tertiary/aromatic N) is 4. The van der Waals surface area contributed by atoms with Crippen LogP contribution in [0.25, 0.3) is 0 Å². The fraction of sp³-hybridized carbons (Fsp3) is 0.333. The number of nitro groups is 1. The van der Waals surface area contributed by atoms with Crippen LogP contribution in [0.1, 0.15) is 6.42 Å². The Kier molecular flexibility index (Phi) is 5.37. The number of piperazine rings is 1. The maximum absolute atomic E-state index is 13.0. The normalized spacial score (nSPS) is 20.0. The molecule has 156 valence electrons. The van der Waals surface area contributed by atoms with E-state index in [4.69, 9.17) is 4.74 Å². The molecule has 0 bridgehead atoms. The van der Waals surface area contributed by atoms with Gasteiger partial charge in [-0.3, -0.25) is 24.6 Å². The number of carbonyl (C=O) groups is 2. The van der Waals surface area contributed by atoms with Crippen LogP contribution in [-0.4, -0.2) is 61.0 Å². The van der Waals surface area contributed by atoms with Crippen LogP contribution in [0.3, 0.4) is 0 Å². The molecule has 2 aliphatic heterocycles. The van der Waals surface area contributed by atoms with Crippen LogP contribution < -0.4 is 14.5 Å². The van der Waals surface area contributed by atoms with Gasteiger partial charge in [0.15, 0.2) is 0 Å². The Bertz CT molecular complexity index is 970. The topological polar surface area (TPSA) is 96.2 Å². The van der Waals surface area contributed by atoms with Crippen molar-refractivity contribution in [3.63, 3.8) is 0 Å². The summed E-state index contributed by atoms with van der Waals surface area (Å²) in [7, 11) is 1.54. The van der Waals surface area contributed by atoms with Gasteiger partial charge < -0.3 is 9.64 Å². The second-order valence-corrected chi connectivity index (χ2v) is 7.29. The third-order valence-electron chi connectivity index (χ3n) is 5.62. The average Bonchev–Trinajstić information content (AvgIpc) is 3.07. The smallest absolute Gasteiger partial charge is 0.269 e. The predicted molar refractivity (Wildman–Crippen MR) is 111 cm³/mol. The summed E-state index contributed by atoms with van der Waals surface area (Å²) >= 11 is 0. The Balaban J connectivity index is 1.41. The molecule has 2 saturated heterocycles. The number of nitro benzene ring substituents is 1. The fourth-order valence-corrected chi connectivity index (χ4v) is 4.00. The molecule has 2 aromatic rings. The van der Waals surface area contributed by atoms with Crippen molar-refractivity contribution in [2.75, 3.05) is 43.1 Å². The zero-order chi connectivity index (χ0) is 21.3. The van der Waals surface area contributed by atoms with E-state index in [1.165, 1.54) is 17.0 Å². The Morgan fingerprint density at radius 2 is 1.70 bits per heavy atom. The van der Waals surface area contributed by atoms with Gasteiger partial charge in [0.25, 0.3) is 11.6 Å². The van der Waals surface area contributed by atoms with E-state index in [0.29, 0.717) is 37.6 Å². The summed E-state index contributed by atoms with van der Waals surface area (Å²) in [6.45, 7) is 2.61. The summed E-state index contributed by atoms with van der Waals surface area (Å²) in [5.41, 5.74) is 1.49. The highest BCUT2D eigenvalue weighted by Crippen LogP contribution is 2.29. The highest BCUT2D eigenvalue weighted by molar-refractivity contribution is 6.22. The van der Waals surface area contributed by atoms with Crippen molar-refractivity contribution >= 4 is 28.9 Å². The number of carbonyl (C=O) groups excluding carboxylic acids is 2. The summed E-state index contributed by atoms with van der Waals surface area (Å²) in [6, 6.07) is 12.9. The Morgan fingerprint density at radius 3 is 2.33 bits per heavy atom. The molecule has 2 heterocycles. The van der Waals surface area contributed by atoms with Crippen molar-refractivity contribution in [3.05, 3.63) is 58.6 Å². The van der Waals surface area contributed by atoms with Crippen molar-refractivity contribution in [2.45, 2.75) is 12.5 Å². The Morgan fingerprint density at radius 1 is 1.00 bits per heavy atom. The minimum atomic E-state index is -0.470. The van der Waals surface area contributed by atoms with Gasteiger partial charge in [-0.25, -0.2) is 4.90 Å². The molecule has 4 rings (SSSR count). The number of benzene rings is 2. The molecule has 0 saturated carbocycles. The lowest BCUT2D eigenvalue weighted by molar-refractivity contribution is -0.384. The van der Waals surface area contributed by atoms with E-state index in [1.54, 1.807) is 43.5 Å². The number of methoxy groups -OCH3 is 1. The second-order valence-electron chi connectivity index (χ2n) is 7.29. The van der Waals surface area contributed by atoms with Crippen LogP contribution in [0, 0.1) is 10.1 Å². The van der Waals surface area contributed by atoms with E-state index < -0.39 is 11.0 Å². The molecule has 1 atom stereocenters. The molecule has 2 aliphatic rings. The van der Waals surface area contributed by atoms with Gasteiger partial charge in [0.2, 0.25) is 5.91 Å². The Labute approximate surface area is 173 Å². The van der Waals surface area contributed by atoms with Crippen LogP contribution in [0.5, 0.6) is 5.75 Å². The van der Waals surface area contributed by atoms with Gasteiger partial charge in [-0.15, -0.1) is 0 Å². The summed E-state index contributed by atoms with van der Waals surface area (Å²) in [5, 5.41) is 10.8. The molecule has 0 N–H and O–H groups in total. The molecule has 0 aromatic heterocycles. The van der Waals surface area contributed by atoms with E-state index in [1.807, 2.05) is 4.90 Å². The van der Waals surface area contributed by atoms with Gasteiger partial charge in [0.1, 0.15) is 5.75 Å². The molecule has 30 heavy (non-hydrogen) atoms. The molecule has 0 spiro atoms. The van der Waals surface area contributed by atoms with Crippen molar-refractivity contribution in [2.24, 2.45) is 0 Å². The summed E-state index contributed by atoms with van der Waals surface area (Å²) in [6.07, 6.45) is 0.160. The van der Waals surface area contributed by atoms with E-state index in [9.17, 15) is 19.7 Å². The number of rotatable bonds is 5. The van der Waals surface area contributed by atoms with Crippen LogP contribution in [0.2, 0.25) is 0 Å². The van der Waals surface area contributed by atoms with Crippen molar-refractivity contribution in [1.82, 2.24) is 4.90 Å². The number of amides is 2. The number of hydrogen-bond donors (Lipinski definition) is 0. The second kappa shape index (κ2) is 8.11. The Hall–Kier alpha value is -3.46. The highest BCUT2D eigenvalue weighted by Gasteiger charge is 2.43. The third-order valence-corrected chi connectivity index (χ3v) is 5.62. The maximum Gasteiger partial charge on any atom is 0.269 e. The van der Waals surface area contributed by atoms with Crippen molar-refractivity contribution < 1.29 is 19.2 Å². The molecule has 2 fully saturated rings.